The summed E-state index contributed by atoms with van der Waals surface area (Å²) in [5.74, 6) is -1.86. The second-order valence-corrected chi connectivity index (χ2v) is 11.3. The van der Waals surface area contributed by atoms with E-state index in [1.54, 1.807) is 38.1 Å². The zero-order valence-electron chi connectivity index (χ0n) is 24.9. The molecule has 1 atom stereocenters. The number of methoxy groups -OCH3 is 1. The summed E-state index contributed by atoms with van der Waals surface area (Å²) in [6.45, 7) is 4.42. The molecule has 0 spiro atoms. The minimum absolute atomic E-state index is 0.109. The van der Waals surface area contributed by atoms with Gasteiger partial charge < -0.3 is 30.6 Å². The van der Waals surface area contributed by atoms with Crippen molar-refractivity contribution < 1.29 is 23.8 Å². The van der Waals surface area contributed by atoms with E-state index in [-0.39, 0.29) is 18.8 Å². The van der Waals surface area contributed by atoms with Crippen molar-refractivity contribution in [2.75, 3.05) is 33.5 Å². The van der Waals surface area contributed by atoms with Crippen LogP contribution < -0.4 is 16.4 Å². The number of carbonyl (C=O) groups excluding carboxylic acids is 2. The van der Waals surface area contributed by atoms with Crippen molar-refractivity contribution in [2.45, 2.75) is 96.1 Å². The summed E-state index contributed by atoms with van der Waals surface area (Å²) in [7, 11) is 1.29. The fourth-order valence-corrected chi connectivity index (χ4v) is 6.24. The number of esters is 2. The van der Waals surface area contributed by atoms with Crippen LogP contribution in [0.1, 0.15) is 89.5 Å². The molecule has 1 aliphatic heterocycles. The van der Waals surface area contributed by atoms with Gasteiger partial charge in [0.15, 0.2) is 0 Å². The molecule has 4 rings (SSSR count). The number of hydrogen-bond donors (Lipinski definition) is 3. The van der Waals surface area contributed by atoms with Crippen molar-refractivity contribution in [3.63, 3.8) is 0 Å². The van der Waals surface area contributed by atoms with Crippen molar-refractivity contribution in [3.8, 4) is 0 Å². The summed E-state index contributed by atoms with van der Waals surface area (Å²) in [6.07, 6.45) is 14.6. The highest BCUT2D eigenvalue weighted by molar-refractivity contribution is 6.31. The fourth-order valence-electron chi connectivity index (χ4n) is 5.99. The van der Waals surface area contributed by atoms with E-state index in [9.17, 15) is 9.59 Å². The molecule has 0 saturated heterocycles. The van der Waals surface area contributed by atoms with E-state index in [2.05, 4.69) is 10.6 Å². The molecule has 8 nitrogen and oxygen atoms in total. The molecular formula is C32H48ClN3O5. The predicted octanol–water partition coefficient (Wildman–Crippen LogP) is 5.51. The Kier molecular flexibility index (Phi) is 14.2. The molecule has 4 N–H and O–H groups in total. The van der Waals surface area contributed by atoms with E-state index in [0.717, 1.165) is 12.1 Å². The molecule has 1 heterocycles. The average Bonchev–Trinajstić information content (AvgIpc) is 2.98. The highest BCUT2D eigenvalue weighted by Crippen LogP contribution is 2.41. The maximum absolute atomic E-state index is 12.9. The fraction of sp³-hybridized carbons (Fsp3) is 0.625. The standard InChI is InChI=1S/C20H25ClN2O5.C12H23N/c1-4-28-20(25)18-15(11-27-10-9-22)23-12(2)16(19(24)26-3)17(18)13-7-5-6-8-14(13)21;1-3-7-11(8-4-1)13-12-9-5-2-6-10-12/h5-8,17,23H,4,9-11,22H2,1-3H3;11-13H,1-10H2. The number of carbonyl (C=O) groups is 2. The first-order valence-electron chi connectivity index (χ1n) is 15.2. The molecule has 2 saturated carbocycles. The topological polar surface area (TPSA) is 112 Å². The van der Waals surface area contributed by atoms with E-state index < -0.39 is 17.9 Å². The van der Waals surface area contributed by atoms with Gasteiger partial charge in [0, 0.05) is 29.3 Å². The van der Waals surface area contributed by atoms with Crippen LogP contribution in [0.15, 0.2) is 46.8 Å². The molecule has 0 bridgehead atoms. The van der Waals surface area contributed by atoms with Crippen LogP contribution in [0.5, 0.6) is 0 Å². The third kappa shape index (κ3) is 9.57. The van der Waals surface area contributed by atoms with Crippen molar-refractivity contribution in [1.29, 1.82) is 0 Å². The summed E-state index contributed by atoms with van der Waals surface area (Å²) >= 11 is 6.42. The van der Waals surface area contributed by atoms with Gasteiger partial charge in [0.1, 0.15) is 0 Å². The van der Waals surface area contributed by atoms with Crippen molar-refractivity contribution >= 4 is 23.5 Å². The highest BCUT2D eigenvalue weighted by atomic mass is 35.5. The number of benzene rings is 1. The summed E-state index contributed by atoms with van der Waals surface area (Å²) in [5.41, 5.74) is 7.70. The molecule has 0 amide bonds. The lowest BCUT2D eigenvalue weighted by Crippen LogP contribution is -2.40. The minimum Gasteiger partial charge on any atom is -0.466 e. The van der Waals surface area contributed by atoms with Gasteiger partial charge in [-0.2, -0.15) is 0 Å². The summed E-state index contributed by atoms with van der Waals surface area (Å²) < 4.78 is 15.8. The lowest BCUT2D eigenvalue weighted by atomic mass is 9.80. The van der Waals surface area contributed by atoms with E-state index in [1.165, 1.54) is 71.3 Å². The van der Waals surface area contributed by atoms with E-state index in [4.69, 9.17) is 31.5 Å². The van der Waals surface area contributed by atoms with Gasteiger partial charge in [-0.05, 0) is 51.2 Å². The summed E-state index contributed by atoms with van der Waals surface area (Å²) in [4.78, 5) is 25.5. The van der Waals surface area contributed by atoms with Gasteiger partial charge in [-0.3, -0.25) is 0 Å². The Balaban J connectivity index is 0.000000294. The van der Waals surface area contributed by atoms with Crippen molar-refractivity contribution in [2.24, 2.45) is 5.73 Å². The van der Waals surface area contributed by atoms with Crippen LogP contribution in [-0.2, 0) is 23.8 Å². The van der Waals surface area contributed by atoms with Gasteiger partial charge in [-0.25, -0.2) is 9.59 Å². The molecule has 0 radical (unpaired) electrons. The molecule has 41 heavy (non-hydrogen) atoms. The second kappa shape index (κ2) is 17.5. The third-order valence-corrected chi connectivity index (χ3v) is 8.30. The molecule has 1 aromatic rings. The Morgan fingerprint density at radius 3 is 2.12 bits per heavy atom. The highest BCUT2D eigenvalue weighted by Gasteiger charge is 2.39. The van der Waals surface area contributed by atoms with Crippen molar-refractivity contribution in [3.05, 3.63) is 57.4 Å². The Labute approximate surface area is 250 Å². The molecule has 2 fully saturated rings. The quantitative estimate of drug-likeness (QED) is 0.242. The molecule has 2 aliphatic carbocycles. The van der Waals surface area contributed by atoms with Gasteiger partial charge in [-0.15, -0.1) is 0 Å². The first kappa shape index (κ1) is 33.1. The number of nitrogens with one attached hydrogen (secondary N) is 2. The predicted molar refractivity (Wildman–Crippen MR) is 162 cm³/mol. The normalized spacial score (nSPS) is 20.2. The number of rotatable bonds is 10. The van der Waals surface area contributed by atoms with Crippen LogP contribution in [0.4, 0.5) is 0 Å². The lowest BCUT2D eigenvalue weighted by molar-refractivity contribution is -0.139. The first-order chi connectivity index (χ1) is 19.9. The number of dihydropyridines is 1. The van der Waals surface area contributed by atoms with E-state index in [0.29, 0.717) is 40.7 Å². The van der Waals surface area contributed by atoms with Crippen LogP contribution in [0.2, 0.25) is 5.02 Å². The molecule has 3 aliphatic rings. The lowest BCUT2D eigenvalue weighted by Gasteiger charge is -2.31. The van der Waals surface area contributed by atoms with Gasteiger partial charge in [0.05, 0.1) is 49.7 Å². The Morgan fingerprint density at radius 1 is 0.976 bits per heavy atom. The van der Waals surface area contributed by atoms with Crippen LogP contribution in [0.3, 0.4) is 0 Å². The van der Waals surface area contributed by atoms with Gasteiger partial charge in [0.25, 0.3) is 0 Å². The molecule has 1 unspecified atom stereocenters. The Morgan fingerprint density at radius 2 is 1.59 bits per heavy atom. The zero-order chi connectivity index (χ0) is 29.6. The smallest absolute Gasteiger partial charge is 0.336 e. The largest absolute Gasteiger partial charge is 0.466 e. The number of ether oxygens (including phenoxy) is 3. The van der Waals surface area contributed by atoms with Gasteiger partial charge >= 0.3 is 11.9 Å². The average molecular weight is 590 g/mol. The van der Waals surface area contributed by atoms with Crippen LogP contribution in [-0.4, -0.2) is 57.5 Å². The maximum Gasteiger partial charge on any atom is 0.336 e. The van der Waals surface area contributed by atoms with Gasteiger partial charge in [0.2, 0.25) is 0 Å². The minimum atomic E-state index is -0.752. The van der Waals surface area contributed by atoms with Gasteiger partial charge in [-0.1, -0.05) is 68.3 Å². The van der Waals surface area contributed by atoms with E-state index >= 15 is 0 Å². The molecule has 0 aromatic heterocycles. The first-order valence-corrected chi connectivity index (χ1v) is 15.5. The number of nitrogens with two attached hydrogens (primary N) is 1. The monoisotopic (exact) mass is 589 g/mol. The molecular weight excluding hydrogens is 542 g/mol. The summed E-state index contributed by atoms with van der Waals surface area (Å²) in [6, 6.07) is 8.79. The number of allylic oxidation sites excluding steroid dienone is 1. The zero-order valence-corrected chi connectivity index (χ0v) is 25.7. The van der Waals surface area contributed by atoms with Crippen LogP contribution >= 0.6 is 11.6 Å². The molecule has 1 aromatic carbocycles. The van der Waals surface area contributed by atoms with Crippen LogP contribution in [0.25, 0.3) is 0 Å². The SMILES string of the molecule is C1CCC(NC2CCCCC2)CC1.CCOC(=O)C1=C(COCCN)NC(C)=C(C(=O)OC)C1c1ccccc1Cl. The molecule has 228 valence electrons. The maximum atomic E-state index is 12.9. The molecule has 9 heteroatoms. The number of hydrogen-bond acceptors (Lipinski definition) is 8. The summed E-state index contributed by atoms with van der Waals surface area (Å²) in [5, 5.41) is 7.38. The van der Waals surface area contributed by atoms with Crippen LogP contribution in [0, 0.1) is 0 Å². The Hall–Kier alpha value is -2.39. The Bertz CT molecular complexity index is 1050. The van der Waals surface area contributed by atoms with Crippen molar-refractivity contribution in [1.82, 2.24) is 10.6 Å². The van der Waals surface area contributed by atoms with E-state index in [1.807, 2.05) is 0 Å². The second-order valence-electron chi connectivity index (χ2n) is 10.9. The number of halogens is 1. The third-order valence-electron chi connectivity index (χ3n) is 7.95.